The summed E-state index contributed by atoms with van der Waals surface area (Å²) in [6.07, 6.45) is 4.46. The maximum atomic E-state index is 14.5. The Labute approximate surface area is 277 Å². The highest BCUT2D eigenvalue weighted by atomic mass is 19.4. The summed E-state index contributed by atoms with van der Waals surface area (Å²) in [6, 6.07) is 25.2. The summed E-state index contributed by atoms with van der Waals surface area (Å²) >= 11 is 0. The van der Waals surface area contributed by atoms with Gasteiger partial charge in [0.25, 0.3) is 0 Å². The van der Waals surface area contributed by atoms with E-state index in [1.54, 1.807) is 40.1 Å². The third kappa shape index (κ3) is 7.71. The van der Waals surface area contributed by atoms with Crippen LogP contribution in [0.2, 0.25) is 0 Å². The number of hydrogen-bond acceptors (Lipinski definition) is 4. The molecule has 1 atom stereocenters. The molecule has 3 heterocycles. The smallest absolute Gasteiger partial charge is 0.336 e. The highest BCUT2D eigenvalue weighted by Crippen LogP contribution is 2.29. The molecule has 0 spiro atoms. The summed E-state index contributed by atoms with van der Waals surface area (Å²) in [7, 11) is 1.79. The summed E-state index contributed by atoms with van der Waals surface area (Å²) in [6.45, 7) is 1.07. The topological polar surface area (TPSA) is 71.3 Å². The molecule has 244 valence electrons. The highest BCUT2D eigenvalue weighted by molar-refractivity contribution is 5.96. The Bertz CT molecular complexity index is 1900. The molecule has 2 amide bonds. The first-order chi connectivity index (χ1) is 23.1. The average molecular weight is 650 g/mol. The van der Waals surface area contributed by atoms with Gasteiger partial charge in [0.2, 0.25) is 11.8 Å². The van der Waals surface area contributed by atoms with Gasteiger partial charge in [0.15, 0.2) is 0 Å². The molecule has 0 saturated heterocycles. The molecule has 2 aromatic heterocycles. The van der Waals surface area contributed by atoms with Gasteiger partial charge in [-0.3, -0.25) is 19.3 Å². The van der Waals surface area contributed by atoms with Gasteiger partial charge in [-0.05, 0) is 76.2 Å². The van der Waals surface area contributed by atoms with E-state index in [-0.39, 0.29) is 18.9 Å². The lowest BCUT2D eigenvalue weighted by molar-refractivity contribution is -0.144. The number of carbonyl (C=O) groups is 2. The highest BCUT2D eigenvalue weighted by Gasteiger charge is 2.35. The summed E-state index contributed by atoms with van der Waals surface area (Å²) in [5, 5.41) is 4.52. The Morgan fingerprint density at radius 3 is 2.25 bits per heavy atom. The minimum Gasteiger partial charge on any atom is -0.336 e. The van der Waals surface area contributed by atoms with E-state index >= 15 is 0 Å². The molecule has 5 aromatic rings. The van der Waals surface area contributed by atoms with E-state index in [2.05, 4.69) is 16.1 Å². The molecule has 1 unspecified atom stereocenters. The van der Waals surface area contributed by atoms with E-state index in [4.69, 9.17) is 0 Å². The Kier molecular flexibility index (Phi) is 9.52. The van der Waals surface area contributed by atoms with Crippen LogP contribution in [0, 0.1) is 0 Å². The van der Waals surface area contributed by atoms with Gasteiger partial charge >= 0.3 is 6.18 Å². The van der Waals surface area contributed by atoms with Crippen molar-refractivity contribution >= 4 is 17.9 Å². The predicted molar refractivity (Wildman–Crippen MR) is 177 cm³/mol. The number of aromatic nitrogens is 3. The zero-order valence-electron chi connectivity index (χ0n) is 26.3. The predicted octanol–water partition coefficient (Wildman–Crippen LogP) is 6.74. The number of benzene rings is 3. The molecular weight excluding hydrogens is 615 g/mol. The fraction of sp³-hybridized carbons (Fsp3) is 0.211. The van der Waals surface area contributed by atoms with Crippen LogP contribution in [0.25, 0.3) is 17.2 Å². The van der Waals surface area contributed by atoms with Crippen LogP contribution in [0.5, 0.6) is 0 Å². The van der Waals surface area contributed by atoms with E-state index in [9.17, 15) is 22.8 Å². The molecule has 1 aliphatic rings. The van der Waals surface area contributed by atoms with E-state index in [1.165, 1.54) is 29.8 Å². The van der Waals surface area contributed by atoms with Crippen molar-refractivity contribution < 1.29 is 22.8 Å². The van der Waals surface area contributed by atoms with Crippen molar-refractivity contribution in [1.29, 1.82) is 0 Å². The molecule has 3 aromatic carbocycles. The number of halogens is 3. The van der Waals surface area contributed by atoms with E-state index in [0.29, 0.717) is 30.8 Å². The molecule has 10 heteroatoms. The Morgan fingerprint density at radius 2 is 1.58 bits per heavy atom. The molecular formula is C38H34F3N5O2. The standard InChI is InChI=1S/C38H34F3N5O2/c1-44-22-19-34(43-44)24-35(37(48)45-23-18-29-4-2-3-5-32(29)26-45)46(25-28-6-11-30(12-7-28)31-16-20-42-21-17-31)36(47)15-10-27-8-13-33(14-9-27)38(39,40)41/h2-17,19-22,35H,18,23-26H2,1H3. The molecule has 1 aliphatic heterocycles. The molecule has 7 nitrogen and oxygen atoms in total. The van der Waals surface area contributed by atoms with Crippen LogP contribution in [0.3, 0.4) is 0 Å². The number of nitrogens with zero attached hydrogens (tertiary/aromatic N) is 5. The third-order valence-corrected chi connectivity index (χ3v) is 8.53. The lowest BCUT2D eigenvalue weighted by Gasteiger charge is -2.36. The second-order valence-corrected chi connectivity index (χ2v) is 11.8. The van der Waals surface area contributed by atoms with E-state index < -0.39 is 23.7 Å². The first kappa shape index (κ1) is 32.4. The monoisotopic (exact) mass is 649 g/mol. The van der Waals surface area contributed by atoms with Crippen LogP contribution >= 0.6 is 0 Å². The van der Waals surface area contributed by atoms with Crippen molar-refractivity contribution in [2.24, 2.45) is 7.05 Å². The van der Waals surface area contributed by atoms with Crippen LogP contribution in [0.1, 0.15) is 33.5 Å². The lowest BCUT2D eigenvalue weighted by atomic mass is 9.98. The van der Waals surface area contributed by atoms with Gasteiger partial charge in [0.1, 0.15) is 6.04 Å². The lowest BCUT2D eigenvalue weighted by Crippen LogP contribution is -2.52. The van der Waals surface area contributed by atoms with Crippen LogP contribution < -0.4 is 0 Å². The summed E-state index contributed by atoms with van der Waals surface area (Å²) in [4.78, 5) is 36.0. The molecule has 48 heavy (non-hydrogen) atoms. The van der Waals surface area contributed by atoms with Gasteiger partial charge in [0.05, 0.1) is 11.3 Å². The number of aryl methyl sites for hydroxylation is 1. The second-order valence-electron chi connectivity index (χ2n) is 11.8. The quantitative estimate of drug-likeness (QED) is 0.166. The van der Waals surface area contributed by atoms with Crippen LogP contribution in [-0.2, 0) is 48.7 Å². The van der Waals surface area contributed by atoms with Gasteiger partial charge in [-0.15, -0.1) is 0 Å². The maximum absolute atomic E-state index is 14.5. The fourth-order valence-corrected chi connectivity index (χ4v) is 5.93. The van der Waals surface area contributed by atoms with Crippen molar-refractivity contribution in [2.75, 3.05) is 6.54 Å². The number of carbonyl (C=O) groups excluding carboxylic acids is 2. The largest absolute Gasteiger partial charge is 0.416 e. The fourth-order valence-electron chi connectivity index (χ4n) is 5.93. The number of alkyl halides is 3. The first-order valence-corrected chi connectivity index (χ1v) is 15.6. The molecule has 0 bridgehead atoms. The first-order valence-electron chi connectivity index (χ1n) is 15.6. The second kappa shape index (κ2) is 14.1. The summed E-state index contributed by atoms with van der Waals surface area (Å²) in [5.74, 6) is -0.639. The molecule has 6 rings (SSSR count). The minimum absolute atomic E-state index is 0.125. The SMILES string of the molecule is Cn1ccc(CC(C(=O)N2CCc3ccccc3C2)N(Cc2ccc(-c3ccncc3)cc2)C(=O)C=Cc2ccc(C(F)(F)F)cc2)n1. The number of amides is 2. The molecule has 0 fully saturated rings. The van der Waals surface area contributed by atoms with Gasteiger partial charge in [-0.2, -0.15) is 18.3 Å². The van der Waals surface area contributed by atoms with Gasteiger partial charge < -0.3 is 9.80 Å². The number of hydrogen-bond donors (Lipinski definition) is 0. The van der Waals surface area contributed by atoms with Gasteiger partial charge in [-0.1, -0.05) is 60.7 Å². The third-order valence-electron chi connectivity index (χ3n) is 8.53. The van der Waals surface area contributed by atoms with Crippen LogP contribution in [0.15, 0.2) is 116 Å². The Hall–Kier alpha value is -5.51. The zero-order valence-corrected chi connectivity index (χ0v) is 26.3. The van der Waals surface area contributed by atoms with Crippen molar-refractivity contribution in [2.45, 2.75) is 38.1 Å². The molecule has 0 N–H and O–H groups in total. The van der Waals surface area contributed by atoms with Crippen molar-refractivity contribution in [3.8, 4) is 11.1 Å². The molecule has 0 radical (unpaired) electrons. The van der Waals surface area contributed by atoms with Crippen molar-refractivity contribution in [3.05, 3.63) is 149 Å². The minimum atomic E-state index is -4.46. The Balaban J connectivity index is 1.33. The number of pyridine rings is 1. The van der Waals surface area contributed by atoms with Crippen LogP contribution in [0.4, 0.5) is 13.2 Å². The van der Waals surface area contributed by atoms with Crippen molar-refractivity contribution in [3.63, 3.8) is 0 Å². The number of fused-ring (bicyclic) bond motifs is 1. The zero-order chi connectivity index (χ0) is 33.7. The van der Waals surface area contributed by atoms with Crippen molar-refractivity contribution in [1.82, 2.24) is 24.6 Å². The molecule has 0 saturated carbocycles. The van der Waals surface area contributed by atoms with E-state index in [0.717, 1.165) is 34.4 Å². The number of rotatable bonds is 9. The average Bonchev–Trinajstić information content (AvgIpc) is 3.52. The van der Waals surface area contributed by atoms with Gasteiger partial charge in [-0.25, -0.2) is 0 Å². The normalized spacial score (nSPS) is 13.7. The van der Waals surface area contributed by atoms with Crippen LogP contribution in [-0.4, -0.2) is 49.0 Å². The maximum Gasteiger partial charge on any atom is 0.416 e. The van der Waals surface area contributed by atoms with Gasteiger partial charge in [0, 0.05) is 57.8 Å². The Morgan fingerprint density at radius 1 is 0.896 bits per heavy atom. The summed E-state index contributed by atoms with van der Waals surface area (Å²) < 4.78 is 41.0. The summed E-state index contributed by atoms with van der Waals surface area (Å²) in [5.41, 5.74) is 5.37. The van der Waals surface area contributed by atoms with E-state index in [1.807, 2.05) is 60.7 Å². The molecule has 0 aliphatic carbocycles.